The molecular formula is C17H13F2N5O. The molecule has 1 amide bonds. The largest absolute Gasteiger partial charge is 0.308 e. The minimum absolute atomic E-state index is 0.308. The molecule has 25 heavy (non-hydrogen) atoms. The van der Waals surface area contributed by atoms with E-state index in [0.717, 1.165) is 6.20 Å². The Kier molecular flexibility index (Phi) is 3.52. The van der Waals surface area contributed by atoms with E-state index < -0.39 is 17.2 Å². The van der Waals surface area contributed by atoms with E-state index in [9.17, 15) is 13.6 Å². The van der Waals surface area contributed by atoms with Crippen molar-refractivity contribution >= 4 is 11.7 Å². The molecule has 0 atom stereocenters. The molecule has 1 saturated carbocycles. The van der Waals surface area contributed by atoms with Gasteiger partial charge in [0.1, 0.15) is 5.82 Å². The molecule has 0 spiro atoms. The predicted molar refractivity (Wildman–Crippen MR) is 85.1 cm³/mol. The normalized spacial score (nSPS) is 15.0. The van der Waals surface area contributed by atoms with Gasteiger partial charge in [-0.1, -0.05) is 0 Å². The fourth-order valence-electron chi connectivity index (χ4n) is 2.81. The molecular weight excluding hydrogens is 328 g/mol. The molecule has 8 heteroatoms. The Morgan fingerprint density at radius 2 is 2.04 bits per heavy atom. The van der Waals surface area contributed by atoms with Gasteiger partial charge in [0.05, 0.1) is 17.3 Å². The van der Waals surface area contributed by atoms with Gasteiger partial charge in [-0.05, 0) is 25.0 Å². The third kappa shape index (κ3) is 2.75. The van der Waals surface area contributed by atoms with Gasteiger partial charge in [0, 0.05) is 36.3 Å². The molecule has 1 aliphatic carbocycles. The first kappa shape index (κ1) is 15.4. The smallest absolute Gasteiger partial charge is 0.236 e. The molecule has 0 bridgehead atoms. The standard InChI is InChI=1S/C17H13F2N5O/c18-13-10-20-6-2-12(13)17(4-5-17)16(25)22-15-3-8-24(23-15)11-1-7-21-14(19)9-11/h1-3,6-10H,4-5H2,(H,22,23,25). The number of carbonyl (C=O) groups excluding carboxylic acids is 1. The van der Waals surface area contributed by atoms with Gasteiger partial charge in [-0.25, -0.2) is 14.1 Å². The highest BCUT2D eigenvalue weighted by atomic mass is 19.1. The Hall–Kier alpha value is -3.16. The van der Waals surface area contributed by atoms with Crippen molar-refractivity contribution in [2.45, 2.75) is 18.3 Å². The first-order chi connectivity index (χ1) is 12.1. The summed E-state index contributed by atoms with van der Waals surface area (Å²) in [5.74, 6) is -1.12. The lowest BCUT2D eigenvalue weighted by atomic mass is 9.95. The van der Waals surface area contributed by atoms with Crippen LogP contribution in [-0.2, 0) is 10.2 Å². The number of pyridine rings is 2. The first-order valence-electron chi connectivity index (χ1n) is 7.67. The zero-order valence-corrected chi connectivity index (χ0v) is 13.0. The number of amides is 1. The average molecular weight is 341 g/mol. The van der Waals surface area contributed by atoms with Crippen LogP contribution in [0.1, 0.15) is 18.4 Å². The van der Waals surface area contributed by atoms with Crippen LogP contribution in [0.15, 0.2) is 49.1 Å². The van der Waals surface area contributed by atoms with Gasteiger partial charge >= 0.3 is 0 Å². The topological polar surface area (TPSA) is 72.7 Å². The van der Waals surface area contributed by atoms with Crippen molar-refractivity contribution < 1.29 is 13.6 Å². The van der Waals surface area contributed by atoms with Crippen LogP contribution in [0.4, 0.5) is 14.6 Å². The van der Waals surface area contributed by atoms with E-state index in [4.69, 9.17) is 0 Å². The van der Waals surface area contributed by atoms with Gasteiger partial charge in [-0.15, -0.1) is 0 Å². The van der Waals surface area contributed by atoms with Crippen molar-refractivity contribution in [2.24, 2.45) is 0 Å². The summed E-state index contributed by atoms with van der Waals surface area (Å²) in [7, 11) is 0. The number of nitrogens with one attached hydrogen (secondary N) is 1. The second-order valence-corrected chi connectivity index (χ2v) is 5.87. The lowest BCUT2D eigenvalue weighted by Crippen LogP contribution is -2.29. The second-order valence-electron chi connectivity index (χ2n) is 5.87. The molecule has 4 rings (SSSR count). The number of rotatable bonds is 4. The van der Waals surface area contributed by atoms with Gasteiger partial charge in [0.15, 0.2) is 5.82 Å². The maximum absolute atomic E-state index is 14.0. The average Bonchev–Trinajstić information content (AvgIpc) is 3.28. The minimum atomic E-state index is -0.875. The van der Waals surface area contributed by atoms with Crippen molar-refractivity contribution in [3.05, 3.63) is 66.4 Å². The Labute approximate surface area is 141 Å². The fourth-order valence-corrected chi connectivity index (χ4v) is 2.81. The maximum Gasteiger partial charge on any atom is 0.236 e. The van der Waals surface area contributed by atoms with Crippen LogP contribution in [0.2, 0.25) is 0 Å². The first-order valence-corrected chi connectivity index (χ1v) is 7.67. The van der Waals surface area contributed by atoms with E-state index in [1.165, 1.54) is 29.2 Å². The summed E-state index contributed by atoms with van der Waals surface area (Å²) in [6, 6.07) is 5.94. The van der Waals surface area contributed by atoms with Crippen LogP contribution in [-0.4, -0.2) is 25.7 Å². The Bertz CT molecular complexity index is 951. The second kappa shape index (κ2) is 5.73. The molecule has 0 radical (unpaired) electrons. The van der Waals surface area contributed by atoms with Crippen LogP contribution in [0.25, 0.3) is 5.69 Å². The highest BCUT2D eigenvalue weighted by Crippen LogP contribution is 2.49. The minimum Gasteiger partial charge on any atom is -0.308 e. The van der Waals surface area contributed by atoms with Crippen molar-refractivity contribution in [3.63, 3.8) is 0 Å². The maximum atomic E-state index is 14.0. The number of carbonyl (C=O) groups is 1. The number of hydrogen-bond acceptors (Lipinski definition) is 4. The summed E-state index contributed by atoms with van der Waals surface area (Å²) in [6.07, 6.45) is 6.63. The Morgan fingerprint density at radius 1 is 1.20 bits per heavy atom. The molecule has 0 saturated heterocycles. The molecule has 0 unspecified atom stereocenters. The van der Waals surface area contributed by atoms with Gasteiger partial charge in [-0.3, -0.25) is 9.78 Å². The number of halogens is 2. The van der Waals surface area contributed by atoms with Crippen molar-refractivity contribution in [1.29, 1.82) is 0 Å². The van der Waals surface area contributed by atoms with Gasteiger partial charge in [0.25, 0.3) is 0 Å². The summed E-state index contributed by atoms with van der Waals surface area (Å²) in [5, 5.41) is 6.91. The zero-order chi connectivity index (χ0) is 17.4. The van der Waals surface area contributed by atoms with Crippen molar-refractivity contribution in [2.75, 3.05) is 5.32 Å². The van der Waals surface area contributed by atoms with Crippen LogP contribution in [0, 0.1) is 11.8 Å². The SMILES string of the molecule is O=C(Nc1ccn(-c2ccnc(F)c2)n1)C1(c2ccncc2F)CC1. The van der Waals surface area contributed by atoms with Crippen LogP contribution >= 0.6 is 0 Å². The van der Waals surface area contributed by atoms with Crippen LogP contribution < -0.4 is 5.32 Å². The van der Waals surface area contributed by atoms with Crippen molar-refractivity contribution in [3.8, 4) is 5.69 Å². The number of nitrogens with zero attached hydrogens (tertiary/aromatic N) is 4. The van der Waals surface area contributed by atoms with Crippen molar-refractivity contribution in [1.82, 2.24) is 19.7 Å². The van der Waals surface area contributed by atoms with Crippen LogP contribution in [0.3, 0.4) is 0 Å². The molecule has 1 fully saturated rings. The number of hydrogen-bond donors (Lipinski definition) is 1. The lowest BCUT2D eigenvalue weighted by molar-refractivity contribution is -0.118. The van der Waals surface area contributed by atoms with Gasteiger partial charge < -0.3 is 5.32 Å². The fraction of sp³-hybridized carbons (Fsp3) is 0.176. The molecule has 126 valence electrons. The van der Waals surface area contributed by atoms with E-state index in [1.807, 2.05) is 0 Å². The molecule has 3 heterocycles. The highest BCUT2D eigenvalue weighted by molar-refractivity contribution is 6.00. The summed E-state index contributed by atoms with van der Waals surface area (Å²) >= 11 is 0. The van der Waals surface area contributed by atoms with E-state index >= 15 is 0 Å². The van der Waals surface area contributed by atoms with Gasteiger partial charge in [0.2, 0.25) is 11.9 Å². The quantitative estimate of drug-likeness (QED) is 0.741. The number of anilines is 1. The Morgan fingerprint density at radius 3 is 2.76 bits per heavy atom. The molecule has 0 aromatic carbocycles. The molecule has 0 aliphatic heterocycles. The van der Waals surface area contributed by atoms with Gasteiger partial charge in [-0.2, -0.15) is 9.49 Å². The number of aromatic nitrogens is 4. The highest BCUT2D eigenvalue weighted by Gasteiger charge is 2.53. The summed E-state index contributed by atoms with van der Waals surface area (Å²) in [6.45, 7) is 0. The van der Waals surface area contributed by atoms with E-state index in [-0.39, 0.29) is 5.91 Å². The summed E-state index contributed by atoms with van der Waals surface area (Å²) in [5.41, 5.74) is -0.0514. The summed E-state index contributed by atoms with van der Waals surface area (Å²) < 4.78 is 28.6. The molecule has 1 aliphatic rings. The third-order valence-corrected chi connectivity index (χ3v) is 4.28. The van der Waals surface area contributed by atoms with E-state index in [2.05, 4.69) is 20.4 Å². The molecule has 3 aromatic rings. The third-order valence-electron chi connectivity index (χ3n) is 4.28. The monoisotopic (exact) mass is 341 g/mol. The lowest BCUT2D eigenvalue weighted by Gasteiger charge is -2.15. The Balaban J connectivity index is 1.55. The van der Waals surface area contributed by atoms with E-state index in [1.54, 1.807) is 18.3 Å². The zero-order valence-electron chi connectivity index (χ0n) is 13.0. The predicted octanol–water partition coefficient (Wildman–Crippen LogP) is 2.61. The molecule has 6 nitrogen and oxygen atoms in total. The molecule has 1 N–H and O–H groups in total. The summed E-state index contributed by atoms with van der Waals surface area (Å²) in [4.78, 5) is 19.8. The van der Waals surface area contributed by atoms with E-state index in [0.29, 0.717) is 29.9 Å². The molecule has 3 aromatic heterocycles. The van der Waals surface area contributed by atoms with Crippen LogP contribution in [0.5, 0.6) is 0 Å².